The first kappa shape index (κ1) is 14.4. The molecule has 0 aliphatic carbocycles. The molecule has 1 aliphatic rings. The Morgan fingerprint density at radius 3 is 2.95 bits per heavy atom. The lowest BCUT2D eigenvalue weighted by Gasteiger charge is -2.26. The molecule has 2 atom stereocenters. The SMILES string of the molecule is CC[C@@H]1[C@H](CO)CCN1C(=O)Cn1cc([N+](=O)[O-])cn1. The summed E-state index contributed by atoms with van der Waals surface area (Å²) in [6.07, 6.45) is 3.96. The quantitative estimate of drug-likeness (QED) is 0.622. The van der Waals surface area contributed by atoms with Crippen LogP contribution < -0.4 is 0 Å². The number of hydrogen-bond acceptors (Lipinski definition) is 5. The van der Waals surface area contributed by atoms with E-state index in [1.807, 2.05) is 6.92 Å². The normalized spacial score (nSPS) is 22.2. The standard InChI is InChI=1S/C12H18N4O4/c1-2-11-9(8-17)3-4-15(11)12(18)7-14-6-10(5-13-14)16(19)20/h5-6,9,11,17H,2-4,7-8H2,1H3/t9-,11+/m0/s1. The molecule has 110 valence electrons. The minimum atomic E-state index is -0.541. The molecule has 1 saturated heterocycles. The summed E-state index contributed by atoms with van der Waals surface area (Å²) in [6.45, 7) is 2.67. The molecule has 2 rings (SSSR count). The predicted molar refractivity (Wildman–Crippen MR) is 69.9 cm³/mol. The lowest BCUT2D eigenvalue weighted by atomic mass is 9.99. The van der Waals surface area contributed by atoms with Gasteiger partial charge >= 0.3 is 5.69 Å². The van der Waals surface area contributed by atoms with Crippen molar-refractivity contribution in [1.29, 1.82) is 0 Å². The fourth-order valence-electron chi connectivity index (χ4n) is 2.76. The lowest BCUT2D eigenvalue weighted by Crippen LogP contribution is -2.40. The average molecular weight is 282 g/mol. The van der Waals surface area contributed by atoms with Crippen LogP contribution in [0.1, 0.15) is 19.8 Å². The van der Waals surface area contributed by atoms with Crippen molar-refractivity contribution in [1.82, 2.24) is 14.7 Å². The van der Waals surface area contributed by atoms with Crippen molar-refractivity contribution < 1.29 is 14.8 Å². The molecule has 8 heteroatoms. The first-order valence-electron chi connectivity index (χ1n) is 6.64. The zero-order valence-corrected chi connectivity index (χ0v) is 11.3. The minimum absolute atomic E-state index is 0.0114. The van der Waals surface area contributed by atoms with Gasteiger partial charge in [0.1, 0.15) is 18.9 Å². The Morgan fingerprint density at radius 2 is 2.40 bits per heavy atom. The summed E-state index contributed by atoms with van der Waals surface area (Å²) in [7, 11) is 0. The molecule has 1 aromatic rings. The number of carbonyl (C=O) groups is 1. The Hall–Kier alpha value is -1.96. The van der Waals surface area contributed by atoms with Gasteiger partial charge in [0.15, 0.2) is 0 Å². The van der Waals surface area contributed by atoms with E-state index in [4.69, 9.17) is 0 Å². The lowest BCUT2D eigenvalue weighted by molar-refractivity contribution is -0.385. The Balaban J connectivity index is 2.02. The second-order valence-electron chi connectivity index (χ2n) is 4.95. The highest BCUT2D eigenvalue weighted by Crippen LogP contribution is 2.26. The van der Waals surface area contributed by atoms with E-state index in [-0.39, 0.29) is 36.7 Å². The molecule has 1 N–H and O–H groups in total. The number of hydrogen-bond donors (Lipinski definition) is 1. The van der Waals surface area contributed by atoms with Gasteiger partial charge in [-0.15, -0.1) is 0 Å². The third kappa shape index (κ3) is 2.79. The van der Waals surface area contributed by atoms with Crippen LogP contribution in [0.15, 0.2) is 12.4 Å². The molecule has 1 fully saturated rings. The summed E-state index contributed by atoms with van der Waals surface area (Å²) >= 11 is 0. The van der Waals surface area contributed by atoms with Crippen LogP contribution in [-0.2, 0) is 11.3 Å². The molecular weight excluding hydrogens is 264 g/mol. The fourth-order valence-corrected chi connectivity index (χ4v) is 2.76. The number of aliphatic hydroxyl groups is 1. The van der Waals surface area contributed by atoms with Gasteiger partial charge in [-0.1, -0.05) is 6.92 Å². The predicted octanol–water partition coefficient (Wildman–Crippen LogP) is 0.411. The van der Waals surface area contributed by atoms with Gasteiger partial charge in [0.2, 0.25) is 5.91 Å². The third-order valence-electron chi connectivity index (χ3n) is 3.79. The Labute approximate surface area is 116 Å². The molecule has 8 nitrogen and oxygen atoms in total. The maximum Gasteiger partial charge on any atom is 0.307 e. The van der Waals surface area contributed by atoms with E-state index in [1.54, 1.807) is 4.90 Å². The van der Waals surface area contributed by atoms with Gasteiger partial charge in [0.25, 0.3) is 0 Å². The van der Waals surface area contributed by atoms with Crippen molar-refractivity contribution in [3.63, 3.8) is 0 Å². The van der Waals surface area contributed by atoms with Gasteiger partial charge in [-0.05, 0) is 12.8 Å². The largest absolute Gasteiger partial charge is 0.396 e. The molecule has 1 aromatic heterocycles. The van der Waals surface area contributed by atoms with Crippen molar-refractivity contribution in [3.05, 3.63) is 22.5 Å². The van der Waals surface area contributed by atoms with Gasteiger partial charge in [0, 0.05) is 25.1 Å². The second-order valence-corrected chi connectivity index (χ2v) is 4.95. The maximum atomic E-state index is 12.2. The molecule has 1 amide bonds. The van der Waals surface area contributed by atoms with Crippen LogP contribution in [0.25, 0.3) is 0 Å². The number of nitro groups is 1. The van der Waals surface area contributed by atoms with Crippen LogP contribution >= 0.6 is 0 Å². The van der Waals surface area contributed by atoms with Crippen molar-refractivity contribution in [2.24, 2.45) is 5.92 Å². The van der Waals surface area contributed by atoms with Gasteiger partial charge in [-0.25, -0.2) is 0 Å². The van der Waals surface area contributed by atoms with E-state index >= 15 is 0 Å². The van der Waals surface area contributed by atoms with Gasteiger partial charge < -0.3 is 10.0 Å². The van der Waals surface area contributed by atoms with E-state index < -0.39 is 4.92 Å². The van der Waals surface area contributed by atoms with Crippen molar-refractivity contribution >= 4 is 11.6 Å². The Bertz CT molecular complexity index is 501. The number of likely N-dealkylation sites (tertiary alicyclic amines) is 1. The molecule has 20 heavy (non-hydrogen) atoms. The molecule has 0 aromatic carbocycles. The first-order chi connectivity index (χ1) is 9.56. The van der Waals surface area contributed by atoms with Crippen LogP contribution in [-0.4, -0.2) is 49.8 Å². The number of rotatable bonds is 5. The highest BCUT2D eigenvalue weighted by Gasteiger charge is 2.35. The van der Waals surface area contributed by atoms with Crippen LogP contribution in [0.2, 0.25) is 0 Å². The number of carbonyl (C=O) groups excluding carboxylic acids is 1. The molecule has 0 saturated carbocycles. The monoisotopic (exact) mass is 282 g/mol. The number of aliphatic hydroxyl groups excluding tert-OH is 1. The maximum absolute atomic E-state index is 12.2. The number of nitrogens with zero attached hydrogens (tertiary/aromatic N) is 4. The summed E-state index contributed by atoms with van der Waals surface area (Å²) in [6, 6.07) is 0.0399. The summed E-state index contributed by atoms with van der Waals surface area (Å²) in [5.74, 6) is 0.00158. The number of aromatic nitrogens is 2. The molecule has 0 radical (unpaired) electrons. The van der Waals surface area contributed by atoms with E-state index in [2.05, 4.69) is 5.10 Å². The van der Waals surface area contributed by atoms with E-state index in [1.165, 1.54) is 10.9 Å². The van der Waals surface area contributed by atoms with Crippen LogP contribution in [0.4, 0.5) is 5.69 Å². The summed E-state index contributed by atoms with van der Waals surface area (Å²) in [5, 5.41) is 23.7. The van der Waals surface area contributed by atoms with Crippen molar-refractivity contribution in [2.75, 3.05) is 13.2 Å². The molecule has 0 spiro atoms. The Morgan fingerprint density at radius 1 is 1.65 bits per heavy atom. The molecule has 2 heterocycles. The van der Waals surface area contributed by atoms with Gasteiger partial charge in [0.05, 0.1) is 4.92 Å². The summed E-state index contributed by atoms with van der Waals surface area (Å²) < 4.78 is 1.28. The first-order valence-corrected chi connectivity index (χ1v) is 6.64. The smallest absolute Gasteiger partial charge is 0.307 e. The topological polar surface area (TPSA) is 102 Å². The fraction of sp³-hybridized carbons (Fsp3) is 0.667. The molecule has 0 bridgehead atoms. The van der Waals surface area contributed by atoms with Crippen molar-refractivity contribution in [2.45, 2.75) is 32.4 Å². The van der Waals surface area contributed by atoms with Gasteiger partial charge in [-0.2, -0.15) is 5.10 Å². The van der Waals surface area contributed by atoms with E-state index in [9.17, 15) is 20.0 Å². The van der Waals surface area contributed by atoms with Crippen molar-refractivity contribution in [3.8, 4) is 0 Å². The number of amides is 1. The van der Waals surface area contributed by atoms with Crippen LogP contribution in [0.3, 0.4) is 0 Å². The highest BCUT2D eigenvalue weighted by molar-refractivity contribution is 5.76. The zero-order chi connectivity index (χ0) is 14.7. The summed E-state index contributed by atoms with van der Waals surface area (Å²) in [4.78, 5) is 24.0. The van der Waals surface area contributed by atoms with Gasteiger partial charge in [-0.3, -0.25) is 19.6 Å². The molecular formula is C12H18N4O4. The van der Waals surface area contributed by atoms with Crippen LogP contribution in [0, 0.1) is 16.0 Å². The van der Waals surface area contributed by atoms with Crippen LogP contribution in [0.5, 0.6) is 0 Å². The Kier molecular flexibility index (Phi) is 4.33. The van der Waals surface area contributed by atoms with E-state index in [0.29, 0.717) is 6.54 Å². The third-order valence-corrected chi connectivity index (χ3v) is 3.79. The second kappa shape index (κ2) is 6.00. The average Bonchev–Trinajstić information content (AvgIpc) is 3.03. The summed E-state index contributed by atoms with van der Waals surface area (Å²) in [5.41, 5.74) is -0.125. The zero-order valence-electron chi connectivity index (χ0n) is 11.3. The minimum Gasteiger partial charge on any atom is -0.396 e. The molecule has 1 aliphatic heterocycles. The van der Waals surface area contributed by atoms with E-state index in [0.717, 1.165) is 19.0 Å². The highest BCUT2D eigenvalue weighted by atomic mass is 16.6. The molecule has 0 unspecified atom stereocenters.